The molecule has 3 rings (SSSR count). The maximum absolute atomic E-state index is 12.1. The van der Waals surface area contributed by atoms with Crippen molar-refractivity contribution in [2.24, 2.45) is 0 Å². The predicted octanol–water partition coefficient (Wildman–Crippen LogP) is 1.85. The van der Waals surface area contributed by atoms with Crippen LogP contribution >= 0.6 is 0 Å². The lowest BCUT2D eigenvalue weighted by Gasteiger charge is -2.08. The van der Waals surface area contributed by atoms with Crippen molar-refractivity contribution >= 4 is 11.7 Å². The van der Waals surface area contributed by atoms with E-state index in [1.54, 1.807) is 12.3 Å². The zero-order chi connectivity index (χ0) is 13.2. The van der Waals surface area contributed by atoms with Crippen LogP contribution in [-0.2, 0) is 6.54 Å². The van der Waals surface area contributed by atoms with E-state index < -0.39 is 0 Å². The number of nitrogens with one attached hydrogen (secondary N) is 1. The number of aromatic nitrogens is 1. The molecule has 19 heavy (non-hydrogen) atoms. The van der Waals surface area contributed by atoms with E-state index in [9.17, 15) is 9.59 Å². The van der Waals surface area contributed by atoms with Crippen molar-refractivity contribution in [3.63, 3.8) is 0 Å². The molecule has 4 heteroatoms. The zero-order valence-corrected chi connectivity index (χ0v) is 10.4. The van der Waals surface area contributed by atoms with Gasteiger partial charge in [0.25, 0.3) is 5.91 Å². The minimum atomic E-state index is -0.160. The molecule has 0 saturated heterocycles. The lowest BCUT2D eigenvalue weighted by Crippen LogP contribution is -2.22. The summed E-state index contributed by atoms with van der Waals surface area (Å²) in [5, 5.41) is 2.74. The Hall–Kier alpha value is -2.36. The highest BCUT2D eigenvalue weighted by molar-refractivity contribution is 6.08. The summed E-state index contributed by atoms with van der Waals surface area (Å²) >= 11 is 0. The Morgan fingerprint density at radius 2 is 1.89 bits per heavy atom. The number of amides is 1. The lowest BCUT2D eigenvalue weighted by atomic mass is 10.1. The molecular formula is C15H14N2O2. The van der Waals surface area contributed by atoms with E-state index in [4.69, 9.17) is 0 Å². The van der Waals surface area contributed by atoms with Crippen LogP contribution in [0.2, 0.25) is 0 Å². The van der Waals surface area contributed by atoms with Gasteiger partial charge < -0.3 is 9.88 Å². The molecule has 2 aromatic rings. The zero-order valence-electron chi connectivity index (χ0n) is 10.4. The SMILES string of the molecule is O=C1NCCC(=O)c2c1ccn2Cc1ccccc1. The van der Waals surface area contributed by atoms with Crippen molar-refractivity contribution in [3.05, 3.63) is 59.4 Å². The van der Waals surface area contributed by atoms with Gasteiger partial charge in [0.2, 0.25) is 0 Å². The quantitative estimate of drug-likeness (QED) is 0.889. The van der Waals surface area contributed by atoms with Crippen LogP contribution in [0, 0.1) is 0 Å². The number of hydrogen-bond donors (Lipinski definition) is 1. The van der Waals surface area contributed by atoms with E-state index in [-0.39, 0.29) is 11.7 Å². The number of Topliss-reactive ketones (excluding diaryl/α,β-unsaturated/α-hetero) is 1. The van der Waals surface area contributed by atoms with E-state index in [2.05, 4.69) is 5.32 Å². The third kappa shape index (κ3) is 2.17. The van der Waals surface area contributed by atoms with E-state index in [1.807, 2.05) is 34.9 Å². The van der Waals surface area contributed by atoms with Gasteiger partial charge in [-0.3, -0.25) is 9.59 Å². The molecule has 1 amide bonds. The average Bonchev–Trinajstić information content (AvgIpc) is 2.77. The van der Waals surface area contributed by atoms with E-state index in [0.29, 0.717) is 30.8 Å². The Morgan fingerprint density at radius 3 is 2.68 bits per heavy atom. The number of ketones is 1. The molecule has 0 saturated carbocycles. The molecule has 1 N–H and O–H groups in total. The van der Waals surface area contributed by atoms with Crippen LogP contribution in [0.1, 0.15) is 32.8 Å². The molecule has 2 heterocycles. The summed E-state index contributed by atoms with van der Waals surface area (Å²) in [7, 11) is 0. The molecule has 0 fully saturated rings. The molecular weight excluding hydrogens is 240 g/mol. The molecule has 0 atom stereocenters. The van der Waals surface area contributed by atoms with Gasteiger partial charge in [0.1, 0.15) is 0 Å². The summed E-state index contributed by atoms with van der Waals surface area (Å²) in [6.45, 7) is 1.02. The first-order valence-corrected chi connectivity index (χ1v) is 6.30. The minimum Gasteiger partial charge on any atom is -0.352 e. The van der Waals surface area contributed by atoms with Gasteiger partial charge >= 0.3 is 0 Å². The number of carbonyl (C=O) groups excluding carboxylic acids is 2. The van der Waals surface area contributed by atoms with Crippen LogP contribution in [0.3, 0.4) is 0 Å². The molecule has 1 aliphatic heterocycles. The number of fused-ring (bicyclic) bond motifs is 1. The third-order valence-electron chi connectivity index (χ3n) is 3.31. The standard InChI is InChI=1S/C15H14N2O2/c18-13-6-8-16-15(19)12-7-9-17(14(12)13)10-11-4-2-1-3-5-11/h1-5,7,9H,6,8,10H2,(H,16,19). The molecule has 4 nitrogen and oxygen atoms in total. The molecule has 1 aliphatic rings. The summed E-state index contributed by atoms with van der Waals surface area (Å²) in [4.78, 5) is 24.0. The summed E-state index contributed by atoms with van der Waals surface area (Å²) in [6, 6.07) is 11.6. The minimum absolute atomic E-state index is 0.0225. The van der Waals surface area contributed by atoms with Crippen LogP contribution in [0.4, 0.5) is 0 Å². The van der Waals surface area contributed by atoms with Gasteiger partial charge in [-0.25, -0.2) is 0 Å². The molecule has 96 valence electrons. The third-order valence-corrected chi connectivity index (χ3v) is 3.31. The Morgan fingerprint density at radius 1 is 1.11 bits per heavy atom. The van der Waals surface area contributed by atoms with Crippen molar-refractivity contribution < 1.29 is 9.59 Å². The largest absolute Gasteiger partial charge is 0.352 e. The summed E-state index contributed by atoms with van der Waals surface area (Å²) in [5.41, 5.74) is 2.12. The van der Waals surface area contributed by atoms with E-state index in [0.717, 1.165) is 5.56 Å². The Kier molecular flexibility index (Phi) is 2.91. The van der Waals surface area contributed by atoms with Crippen molar-refractivity contribution in [2.45, 2.75) is 13.0 Å². The normalized spacial score (nSPS) is 14.7. The fourth-order valence-electron chi connectivity index (χ4n) is 2.38. The number of hydrogen-bond acceptors (Lipinski definition) is 2. The van der Waals surface area contributed by atoms with Crippen molar-refractivity contribution in [1.29, 1.82) is 0 Å². The number of carbonyl (C=O) groups is 2. The monoisotopic (exact) mass is 254 g/mol. The Labute approximate surface area is 111 Å². The second kappa shape index (κ2) is 4.72. The number of rotatable bonds is 2. The highest BCUT2D eigenvalue weighted by Crippen LogP contribution is 2.17. The molecule has 0 spiro atoms. The van der Waals surface area contributed by atoms with Crippen LogP contribution in [0.25, 0.3) is 0 Å². The first-order chi connectivity index (χ1) is 9.25. The van der Waals surface area contributed by atoms with Crippen LogP contribution in [0.15, 0.2) is 42.6 Å². The Balaban J connectivity index is 2.00. The predicted molar refractivity (Wildman–Crippen MR) is 71.3 cm³/mol. The smallest absolute Gasteiger partial charge is 0.253 e. The van der Waals surface area contributed by atoms with Crippen molar-refractivity contribution in [3.8, 4) is 0 Å². The average molecular weight is 254 g/mol. The fraction of sp³-hybridized carbons (Fsp3) is 0.200. The highest BCUT2D eigenvalue weighted by Gasteiger charge is 2.24. The maximum atomic E-state index is 12.1. The van der Waals surface area contributed by atoms with Gasteiger partial charge in [-0.1, -0.05) is 30.3 Å². The van der Waals surface area contributed by atoms with Gasteiger partial charge in [-0.15, -0.1) is 0 Å². The summed E-state index contributed by atoms with van der Waals surface area (Å²) < 4.78 is 1.86. The van der Waals surface area contributed by atoms with Gasteiger partial charge in [0.05, 0.1) is 11.3 Å². The number of benzene rings is 1. The fourth-order valence-corrected chi connectivity index (χ4v) is 2.38. The van der Waals surface area contributed by atoms with Crippen LogP contribution in [-0.4, -0.2) is 22.8 Å². The molecule has 0 bridgehead atoms. The second-order valence-corrected chi connectivity index (χ2v) is 4.62. The van der Waals surface area contributed by atoms with Crippen molar-refractivity contribution in [2.75, 3.05) is 6.54 Å². The van der Waals surface area contributed by atoms with Gasteiger partial charge in [0, 0.05) is 25.7 Å². The summed E-state index contributed by atoms with van der Waals surface area (Å²) in [6.07, 6.45) is 2.16. The van der Waals surface area contributed by atoms with Crippen molar-refractivity contribution in [1.82, 2.24) is 9.88 Å². The molecule has 1 aromatic carbocycles. The molecule has 1 aromatic heterocycles. The van der Waals surface area contributed by atoms with Gasteiger partial charge in [-0.2, -0.15) is 0 Å². The second-order valence-electron chi connectivity index (χ2n) is 4.62. The molecule has 0 unspecified atom stereocenters. The first-order valence-electron chi connectivity index (χ1n) is 6.30. The first kappa shape index (κ1) is 11.7. The Bertz CT molecular complexity index is 629. The van der Waals surface area contributed by atoms with Crippen LogP contribution < -0.4 is 5.32 Å². The van der Waals surface area contributed by atoms with E-state index in [1.165, 1.54) is 0 Å². The lowest BCUT2D eigenvalue weighted by molar-refractivity contribution is 0.0956. The number of nitrogens with zero attached hydrogens (tertiary/aromatic N) is 1. The maximum Gasteiger partial charge on any atom is 0.253 e. The van der Waals surface area contributed by atoms with E-state index >= 15 is 0 Å². The molecule has 0 radical (unpaired) electrons. The molecule has 0 aliphatic carbocycles. The van der Waals surface area contributed by atoms with Gasteiger partial charge in [0.15, 0.2) is 5.78 Å². The van der Waals surface area contributed by atoms with Gasteiger partial charge in [-0.05, 0) is 11.6 Å². The van der Waals surface area contributed by atoms with Crippen LogP contribution in [0.5, 0.6) is 0 Å². The summed E-state index contributed by atoms with van der Waals surface area (Å²) in [5.74, 6) is -0.137. The topological polar surface area (TPSA) is 51.1 Å². The highest BCUT2D eigenvalue weighted by atomic mass is 16.2.